The van der Waals surface area contributed by atoms with Gasteiger partial charge in [-0.3, -0.25) is 9.59 Å². The molecule has 1 heterocycles. The average Bonchev–Trinajstić information content (AvgIpc) is 3.02. The molecule has 0 aliphatic carbocycles. The van der Waals surface area contributed by atoms with Crippen LogP contribution in [0.3, 0.4) is 0 Å². The molecule has 0 bridgehead atoms. The predicted octanol–water partition coefficient (Wildman–Crippen LogP) is 2.39. The van der Waals surface area contributed by atoms with Crippen molar-refractivity contribution in [1.29, 1.82) is 0 Å². The smallest absolute Gasteiger partial charge is 0.220 e. The molecule has 1 aromatic carbocycles. The minimum absolute atomic E-state index is 0.0179. The highest BCUT2D eigenvalue weighted by Crippen LogP contribution is 2.22. The van der Waals surface area contributed by atoms with Gasteiger partial charge in [0.15, 0.2) is 0 Å². The van der Waals surface area contributed by atoms with E-state index in [2.05, 4.69) is 15.6 Å². The summed E-state index contributed by atoms with van der Waals surface area (Å²) in [5.74, 6) is -0.0291. The van der Waals surface area contributed by atoms with Crippen LogP contribution >= 0.6 is 11.3 Å². The molecule has 0 radical (unpaired) electrons. The molecular formula is C17H21N3O2S. The van der Waals surface area contributed by atoms with E-state index in [1.165, 1.54) is 6.92 Å². The number of benzene rings is 1. The molecule has 2 amide bonds. The highest BCUT2D eigenvalue weighted by molar-refractivity contribution is 7.09. The van der Waals surface area contributed by atoms with Crippen molar-refractivity contribution in [2.75, 3.05) is 13.1 Å². The summed E-state index contributed by atoms with van der Waals surface area (Å²) in [6, 6.07) is 10.0. The zero-order chi connectivity index (χ0) is 16.5. The van der Waals surface area contributed by atoms with Crippen LogP contribution in [0.2, 0.25) is 0 Å². The summed E-state index contributed by atoms with van der Waals surface area (Å²) in [5, 5.41) is 8.54. The minimum atomic E-state index is -0.0469. The van der Waals surface area contributed by atoms with E-state index in [0.29, 0.717) is 25.9 Å². The summed E-state index contributed by atoms with van der Waals surface area (Å²) < 4.78 is 0. The summed E-state index contributed by atoms with van der Waals surface area (Å²) in [7, 11) is 0. The number of carbonyl (C=O) groups excluding carboxylic acids is 2. The van der Waals surface area contributed by atoms with Crippen molar-refractivity contribution in [3.8, 4) is 11.3 Å². The third-order valence-electron chi connectivity index (χ3n) is 3.24. The van der Waals surface area contributed by atoms with Crippen LogP contribution in [0.25, 0.3) is 11.3 Å². The predicted molar refractivity (Wildman–Crippen MR) is 92.2 cm³/mol. The van der Waals surface area contributed by atoms with Gasteiger partial charge in [0.1, 0.15) is 0 Å². The Morgan fingerprint density at radius 3 is 2.61 bits per heavy atom. The van der Waals surface area contributed by atoms with Crippen LogP contribution in [0, 0.1) is 0 Å². The Bertz CT molecular complexity index is 640. The van der Waals surface area contributed by atoms with Gasteiger partial charge in [-0.05, 0) is 6.42 Å². The number of nitrogens with one attached hydrogen (secondary N) is 2. The van der Waals surface area contributed by atoms with Crippen molar-refractivity contribution in [1.82, 2.24) is 15.6 Å². The first-order valence-corrected chi connectivity index (χ1v) is 8.54. The number of hydrogen-bond donors (Lipinski definition) is 2. The molecule has 6 heteroatoms. The Morgan fingerprint density at radius 2 is 1.87 bits per heavy atom. The zero-order valence-corrected chi connectivity index (χ0v) is 14.0. The van der Waals surface area contributed by atoms with Crippen LogP contribution < -0.4 is 10.6 Å². The topological polar surface area (TPSA) is 71.1 Å². The first-order chi connectivity index (χ1) is 11.1. The van der Waals surface area contributed by atoms with Gasteiger partial charge < -0.3 is 10.6 Å². The number of thiazole rings is 1. The third-order valence-corrected chi connectivity index (χ3v) is 4.15. The van der Waals surface area contributed by atoms with E-state index >= 15 is 0 Å². The van der Waals surface area contributed by atoms with Crippen molar-refractivity contribution >= 4 is 23.2 Å². The summed E-state index contributed by atoms with van der Waals surface area (Å²) in [4.78, 5) is 27.0. The SMILES string of the molecule is CC(=O)NCCCNC(=O)CCc1nc(-c2ccccc2)cs1. The maximum atomic E-state index is 11.8. The largest absolute Gasteiger partial charge is 0.356 e. The van der Waals surface area contributed by atoms with Gasteiger partial charge in [0.05, 0.1) is 10.7 Å². The molecule has 0 aliphatic rings. The standard InChI is InChI=1S/C17H21N3O2S/c1-13(21)18-10-5-11-19-16(22)8-9-17-20-15(12-23-17)14-6-3-2-4-7-14/h2-4,6-7,12H,5,8-11H2,1H3,(H,18,21)(H,19,22). The van der Waals surface area contributed by atoms with Gasteiger partial charge in [0.25, 0.3) is 0 Å². The molecule has 0 spiro atoms. The van der Waals surface area contributed by atoms with Crippen LogP contribution in [0.5, 0.6) is 0 Å². The normalized spacial score (nSPS) is 10.3. The van der Waals surface area contributed by atoms with Crippen LogP contribution in [-0.2, 0) is 16.0 Å². The number of carbonyl (C=O) groups is 2. The summed E-state index contributed by atoms with van der Waals surface area (Å²) in [6.07, 6.45) is 1.82. The van der Waals surface area contributed by atoms with Gasteiger partial charge in [0.2, 0.25) is 11.8 Å². The minimum Gasteiger partial charge on any atom is -0.356 e. The molecule has 2 rings (SSSR count). The van der Waals surface area contributed by atoms with E-state index < -0.39 is 0 Å². The first kappa shape index (κ1) is 17.1. The molecule has 0 aliphatic heterocycles. The summed E-state index contributed by atoms with van der Waals surface area (Å²) >= 11 is 1.58. The monoisotopic (exact) mass is 331 g/mol. The third kappa shape index (κ3) is 6.20. The van der Waals surface area contributed by atoms with Gasteiger partial charge in [-0.15, -0.1) is 11.3 Å². The van der Waals surface area contributed by atoms with Crippen LogP contribution in [0.15, 0.2) is 35.7 Å². The molecular weight excluding hydrogens is 310 g/mol. The Labute approximate surface area is 140 Å². The van der Waals surface area contributed by atoms with E-state index in [1.807, 2.05) is 35.7 Å². The molecule has 0 saturated heterocycles. The lowest BCUT2D eigenvalue weighted by Gasteiger charge is -2.04. The second kappa shape index (κ2) is 9.05. The molecule has 0 atom stereocenters. The fourth-order valence-electron chi connectivity index (χ4n) is 2.06. The molecule has 2 aromatic rings. The van der Waals surface area contributed by atoms with Gasteiger partial charge in [-0.1, -0.05) is 30.3 Å². The van der Waals surface area contributed by atoms with E-state index in [0.717, 1.165) is 22.7 Å². The van der Waals surface area contributed by atoms with Crippen LogP contribution in [-0.4, -0.2) is 29.9 Å². The molecule has 0 saturated carbocycles. The van der Waals surface area contributed by atoms with Crippen molar-refractivity contribution in [2.24, 2.45) is 0 Å². The first-order valence-electron chi connectivity index (χ1n) is 7.66. The van der Waals surface area contributed by atoms with E-state index in [9.17, 15) is 9.59 Å². The quantitative estimate of drug-likeness (QED) is 0.730. The molecule has 1 aromatic heterocycles. The lowest BCUT2D eigenvalue weighted by atomic mass is 10.2. The summed E-state index contributed by atoms with van der Waals surface area (Å²) in [5.41, 5.74) is 2.05. The summed E-state index contributed by atoms with van der Waals surface area (Å²) in [6.45, 7) is 2.64. The molecule has 23 heavy (non-hydrogen) atoms. The van der Waals surface area contributed by atoms with Gasteiger partial charge in [0, 0.05) is 43.8 Å². The number of aromatic nitrogens is 1. The van der Waals surface area contributed by atoms with Crippen molar-refractivity contribution in [3.05, 3.63) is 40.7 Å². The fraction of sp³-hybridized carbons (Fsp3) is 0.353. The maximum absolute atomic E-state index is 11.8. The van der Waals surface area contributed by atoms with Gasteiger partial charge >= 0.3 is 0 Å². The van der Waals surface area contributed by atoms with Crippen LogP contribution in [0.1, 0.15) is 24.8 Å². The van der Waals surface area contributed by atoms with E-state index in [-0.39, 0.29) is 11.8 Å². The number of amides is 2. The lowest BCUT2D eigenvalue weighted by molar-refractivity contribution is -0.121. The Hall–Kier alpha value is -2.21. The number of aryl methyl sites for hydroxylation is 1. The molecule has 5 nitrogen and oxygen atoms in total. The van der Waals surface area contributed by atoms with Gasteiger partial charge in [-0.2, -0.15) is 0 Å². The average molecular weight is 331 g/mol. The van der Waals surface area contributed by atoms with Gasteiger partial charge in [-0.25, -0.2) is 4.98 Å². The number of rotatable bonds is 8. The second-order valence-corrected chi connectivity index (χ2v) is 6.12. The fourth-order valence-corrected chi connectivity index (χ4v) is 2.86. The van der Waals surface area contributed by atoms with Crippen molar-refractivity contribution in [3.63, 3.8) is 0 Å². The zero-order valence-electron chi connectivity index (χ0n) is 13.2. The maximum Gasteiger partial charge on any atom is 0.220 e. The van der Waals surface area contributed by atoms with Crippen molar-refractivity contribution in [2.45, 2.75) is 26.2 Å². The number of hydrogen-bond acceptors (Lipinski definition) is 4. The molecule has 0 unspecified atom stereocenters. The second-order valence-electron chi connectivity index (χ2n) is 5.18. The van der Waals surface area contributed by atoms with E-state index in [4.69, 9.17) is 0 Å². The number of nitrogens with zero attached hydrogens (tertiary/aromatic N) is 1. The highest BCUT2D eigenvalue weighted by Gasteiger charge is 2.07. The highest BCUT2D eigenvalue weighted by atomic mass is 32.1. The van der Waals surface area contributed by atoms with Crippen molar-refractivity contribution < 1.29 is 9.59 Å². The Kier molecular flexibility index (Phi) is 6.75. The van der Waals surface area contributed by atoms with E-state index in [1.54, 1.807) is 11.3 Å². The Balaban J connectivity index is 1.69. The molecule has 122 valence electrons. The van der Waals surface area contributed by atoms with Crippen LogP contribution in [0.4, 0.5) is 0 Å². The molecule has 2 N–H and O–H groups in total. The lowest BCUT2D eigenvalue weighted by Crippen LogP contribution is -2.28. The molecule has 0 fully saturated rings. The Morgan fingerprint density at radius 1 is 1.13 bits per heavy atom.